The van der Waals surface area contributed by atoms with Crippen LogP contribution >= 0.6 is 0 Å². The summed E-state index contributed by atoms with van der Waals surface area (Å²) < 4.78 is 16.2. The summed E-state index contributed by atoms with van der Waals surface area (Å²) in [4.78, 5) is 30.4. The minimum Gasteiger partial charge on any atom is -0.497 e. The fourth-order valence-corrected chi connectivity index (χ4v) is 4.00. The molecule has 8 nitrogen and oxygen atoms in total. The van der Waals surface area contributed by atoms with Gasteiger partial charge in [-0.25, -0.2) is 0 Å². The van der Waals surface area contributed by atoms with Crippen molar-refractivity contribution in [2.45, 2.75) is 6.92 Å². The molecule has 1 saturated heterocycles. The van der Waals surface area contributed by atoms with Crippen LogP contribution in [0.2, 0.25) is 0 Å². The summed E-state index contributed by atoms with van der Waals surface area (Å²) in [6, 6.07) is 12.9. The van der Waals surface area contributed by atoms with Gasteiger partial charge in [0.1, 0.15) is 17.2 Å². The first-order valence-corrected chi connectivity index (χ1v) is 11.0. The Balaban J connectivity index is 1.67. The van der Waals surface area contributed by atoms with E-state index >= 15 is 0 Å². The highest BCUT2D eigenvalue weighted by Crippen LogP contribution is 2.35. The number of hydrogen-bond acceptors (Lipinski definition) is 7. The number of rotatable bonds is 8. The van der Waals surface area contributed by atoms with Crippen molar-refractivity contribution in [3.05, 3.63) is 59.3 Å². The van der Waals surface area contributed by atoms with Crippen LogP contribution in [0.15, 0.2) is 48.2 Å². The number of ether oxygens (including phenoxy) is 3. The average molecular weight is 452 g/mol. The van der Waals surface area contributed by atoms with Crippen molar-refractivity contribution in [2.24, 2.45) is 0 Å². The van der Waals surface area contributed by atoms with Crippen LogP contribution in [0, 0.1) is 6.92 Å². The number of imide groups is 1. The molecule has 2 aromatic rings. The van der Waals surface area contributed by atoms with Gasteiger partial charge in [-0.15, -0.1) is 0 Å². The molecule has 0 aliphatic carbocycles. The molecule has 2 aliphatic heterocycles. The highest BCUT2D eigenvalue weighted by atomic mass is 16.5. The molecule has 2 heterocycles. The molecule has 33 heavy (non-hydrogen) atoms. The van der Waals surface area contributed by atoms with Gasteiger partial charge in [0, 0.05) is 32.2 Å². The molecule has 0 atom stereocenters. The molecule has 2 aromatic carbocycles. The number of nitrogens with one attached hydrogen (secondary N) is 1. The molecule has 8 heteroatoms. The average Bonchev–Trinajstić information content (AvgIpc) is 3.07. The smallest absolute Gasteiger partial charge is 0.278 e. The Labute approximate surface area is 193 Å². The van der Waals surface area contributed by atoms with E-state index in [-0.39, 0.29) is 17.5 Å². The number of benzene rings is 2. The Kier molecular flexibility index (Phi) is 6.96. The predicted octanol–water partition coefficient (Wildman–Crippen LogP) is 2.54. The van der Waals surface area contributed by atoms with Crippen molar-refractivity contribution < 1.29 is 23.8 Å². The number of hydrogen-bond donors (Lipinski definition) is 1. The lowest BCUT2D eigenvalue weighted by atomic mass is 10.0. The largest absolute Gasteiger partial charge is 0.497 e. The minimum absolute atomic E-state index is 0.234. The van der Waals surface area contributed by atoms with Crippen molar-refractivity contribution in [3.8, 4) is 11.5 Å². The van der Waals surface area contributed by atoms with Gasteiger partial charge in [0.25, 0.3) is 11.8 Å². The van der Waals surface area contributed by atoms with Crippen LogP contribution in [-0.4, -0.2) is 75.2 Å². The normalized spacial score (nSPS) is 17.0. The Bertz CT molecular complexity index is 1060. The van der Waals surface area contributed by atoms with Crippen molar-refractivity contribution in [2.75, 3.05) is 58.9 Å². The van der Waals surface area contributed by atoms with Crippen LogP contribution in [-0.2, 0) is 14.3 Å². The van der Waals surface area contributed by atoms with Crippen molar-refractivity contribution in [1.29, 1.82) is 0 Å². The Hall–Kier alpha value is -3.36. The molecule has 0 bridgehead atoms. The van der Waals surface area contributed by atoms with Crippen molar-refractivity contribution in [1.82, 2.24) is 9.80 Å². The molecule has 0 radical (unpaired) electrons. The van der Waals surface area contributed by atoms with E-state index in [0.29, 0.717) is 54.6 Å². The quantitative estimate of drug-likeness (QED) is 0.618. The van der Waals surface area contributed by atoms with Gasteiger partial charge >= 0.3 is 0 Å². The van der Waals surface area contributed by atoms with Gasteiger partial charge in [0.15, 0.2) is 0 Å². The zero-order chi connectivity index (χ0) is 23.4. The standard InChI is InChI=1S/C25H29N3O5/c1-17-4-6-18(7-5-17)22-23(26-20-16-19(31-2)8-9-21(20)32-3)25(30)28(24(22)29)11-10-27-12-14-33-15-13-27/h4-9,16,26H,10-15H2,1-3H3. The second kappa shape index (κ2) is 10.1. The molecule has 4 rings (SSSR count). The summed E-state index contributed by atoms with van der Waals surface area (Å²) in [6.45, 7) is 5.81. The van der Waals surface area contributed by atoms with Gasteiger partial charge in [-0.3, -0.25) is 19.4 Å². The van der Waals surface area contributed by atoms with Gasteiger partial charge < -0.3 is 19.5 Å². The van der Waals surface area contributed by atoms with E-state index in [0.717, 1.165) is 18.7 Å². The Morgan fingerprint density at radius 3 is 2.33 bits per heavy atom. The summed E-state index contributed by atoms with van der Waals surface area (Å²) in [5.41, 5.74) is 2.90. The fraction of sp³-hybridized carbons (Fsp3) is 0.360. The molecule has 1 fully saturated rings. The third kappa shape index (κ3) is 4.86. The first-order chi connectivity index (χ1) is 16.0. The van der Waals surface area contributed by atoms with Crippen molar-refractivity contribution in [3.63, 3.8) is 0 Å². The third-order valence-corrected chi connectivity index (χ3v) is 5.92. The van der Waals surface area contributed by atoms with Crippen LogP contribution < -0.4 is 14.8 Å². The molecule has 174 valence electrons. The summed E-state index contributed by atoms with van der Waals surface area (Å²) in [5, 5.41) is 3.18. The van der Waals surface area contributed by atoms with Crippen LogP contribution in [0.3, 0.4) is 0 Å². The lowest BCUT2D eigenvalue weighted by molar-refractivity contribution is -0.137. The molecule has 0 unspecified atom stereocenters. The number of nitrogens with zero attached hydrogens (tertiary/aromatic N) is 2. The molecule has 0 aromatic heterocycles. The molecule has 2 amide bonds. The lowest BCUT2D eigenvalue weighted by Crippen LogP contribution is -2.43. The van der Waals surface area contributed by atoms with E-state index in [1.807, 2.05) is 31.2 Å². The van der Waals surface area contributed by atoms with Crippen LogP contribution in [0.1, 0.15) is 11.1 Å². The molecule has 0 saturated carbocycles. The number of amides is 2. The minimum atomic E-state index is -0.353. The number of morpholine rings is 1. The van der Waals surface area contributed by atoms with E-state index in [1.165, 1.54) is 4.90 Å². The summed E-state index contributed by atoms with van der Waals surface area (Å²) >= 11 is 0. The SMILES string of the molecule is COc1ccc(OC)c(NC2=C(c3ccc(C)cc3)C(=O)N(CCN3CCOCC3)C2=O)c1. The first-order valence-electron chi connectivity index (χ1n) is 11.0. The third-order valence-electron chi connectivity index (χ3n) is 5.92. The van der Waals surface area contributed by atoms with E-state index in [9.17, 15) is 9.59 Å². The number of aryl methyl sites for hydroxylation is 1. The van der Waals surface area contributed by atoms with Gasteiger partial charge in [-0.1, -0.05) is 29.8 Å². The van der Waals surface area contributed by atoms with Gasteiger partial charge in [-0.05, 0) is 24.6 Å². The molecular formula is C25H29N3O5. The van der Waals surface area contributed by atoms with Crippen molar-refractivity contribution >= 4 is 23.1 Å². The first kappa shape index (κ1) is 22.8. The summed E-state index contributed by atoms with van der Waals surface area (Å²) in [7, 11) is 3.12. The second-order valence-electron chi connectivity index (χ2n) is 8.02. The number of carbonyl (C=O) groups is 2. The summed E-state index contributed by atoms with van der Waals surface area (Å²) in [5.74, 6) is 0.491. The van der Waals surface area contributed by atoms with Gasteiger partial charge in [0.05, 0.1) is 38.7 Å². The second-order valence-corrected chi connectivity index (χ2v) is 8.02. The highest BCUT2D eigenvalue weighted by molar-refractivity contribution is 6.36. The number of methoxy groups -OCH3 is 2. The maximum Gasteiger partial charge on any atom is 0.278 e. The van der Waals surface area contributed by atoms with Gasteiger partial charge in [-0.2, -0.15) is 0 Å². The fourth-order valence-electron chi connectivity index (χ4n) is 4.00. The van der Waals surface area contributed by atoms with E-state index in [1.54, 1.807) is 32.4 Å². The number of carbonyl (C=O) groups excluding carboxylic acids is 2. The van der Waals surface area contributed by atoms with Crippen LogP contribution in [0.25, 0.3) is 5.57 Å². The Morgan fingerprint density at radius 2 is 1.67 bits per heavy atom. The summed E-state index contributed by atoms with van der Waals surface area (Å²) in [6.07, 6.45) is 0. The van der Waals surface area contributed by atoms with E-state index in [4.69, 9.17) is 14.2 Å². The van der Waals surface area contributed by atoms with E-state index in [2.05, 4.69) is 10.2 Å². The predicted molar refractivity (Wildman–Crippen MR) is 125 cm³/mol. The Morgan fingerprint density at radius 1 is 0.939 bits per heavy atom. The molecule has 1 N–H and O–H groups in total. The maximum atomic E-state index is 13.5. The number of anilines is 1. The molecule has 2 aliphatic rings. The monoisotopic (exact) mass is 451 g/mol. The zero-order valence-electron chi connectivity index (χ0n) is 19.2. The van der Waals surface area contributed by atoms with E-state index < -0.39 is 0 Å². The van der Waals surface area contributed by atoms with Gasteiger partial charge in [0.2, 0.25) is 0 Å². The zero-order valence-corrected chi connectivity index (χ0v) is 19.2. The topological polar surface area (TPSA) is 80.3 Å². The highest BCUT2D eigenvalue weighted by Gasteiger charge is 2.39. The maximum absolute atomic E-state index is 13.5. The lowest BCUT2D eigenvalue weighted by Gasteiger charge is -2.28. The molecule has 0 spiro atoms. The molecular weight excluding hydrogens is 422 g/mol. The van der Waals surface area contributed by atoms with Crippen LogP contribution in [0.5, 0.6) is 11.5 Å². The van der Waals surface area contributed by atoms with Crippen LogP contribution in [0.4, 0.5) is 5.69 Å².